The van der Waals surface area contributed by atoms with Crippen LogP contribution in [0.15, 0.2) is 24.3 Å². The highest BCUT2D eigenvalue weighted by Gasteiger charge is 2.38. The molecule has 0 spiro atoms. The summed E-state index contributed by atoms with van der Waals surface area (Å²) in [6.07, 6.45) is 2.01. The molecule has 0 saturated carbocycles. The van der Waals surface area contributed by atoms with E-state index >= 15 is 0 Å². The number of rotatable bonds is 2. The van der Waals surface area contributed by atoms with Crippen molar-refractivity contribution in [1.82, 2.24) is 16.0 Å². The van der Waals surface area contributed by atoms with Crippen molar-refractivity contribution in [1.29, 1.82) is 0 Å². The van der Waals surface area contributed by atoms with Crippen molar-refractivity contribution >= 4 is 11.4 Å². The predicted octanol–water partition coefficient (Wildman–Crippen LogP) is 0.117. The first-order chi connectivity index (χ1) is 8.75. The minimum Gasteiger partial charge on any atom is -0.399 e. The maximum absolute atomic E-state index is 5.74. The van der Waals surface area contributed by atoms with Gasteiger partial charge in [-0.25, -0.2) is 0 Å². The quantitative estimate of drug-likeness (QED) is 0.559. The number of hydrogen-bond donors (Lipinski definition) is 4. The molecule has 18 heavy (non-hydrogen) atoms. The average Bonchev–Trinajstić information content (AvgIpc) is 2.87. The lowest BCUT2D eigenvalue weighted by Gasteiger charge is -2.41. The van der Waals surface area contributed by atoms with Gasteiger partial charge in [0, 0.05) is 31.0 Å². The van der Waals surface area contributed by atoms with Crippen LogP contribution in [0.3, 0.4) is 0 Å². The Hall–Kier alpha value is -1.30. The lowest BCUT2D eigenvalue weighted by molar-refractivity contribution is 0.223. The summed E-state index contributed by atoms with van der Waals surface area (Å²) in [6.45, 7) is 1.94. The van der Waals surface area contributed by atoms with Gasteiger partial charge < -0.3 is 16.0 Å². The van der Waals surface area contributed by atoms with E-state index in [1.807, 2.05) is 12.1 Å². The van der Waals surface area contributed by atoms with Gasteiger partial charge in [0.2, 0.25) is 0 Å². The zero-order valence-electron chi connectivity index (χ0n) is 10.7. The summed E-state index contributed by atoms with van der Waals surface area (Å²) in [4.78, 5) is 2.31. The Labute approximate surface area is 108 Å². The Morgan fingerprint density at radius 3 is 2.72 bits per heavy atom. The Balaban J connectivity index is 1.78. The fourth-order valence-corrected chi connectivity index (χ4v) is 3.01. The van der Waals surface area contributed by atoms with Gasteiger partial charge in [0.1, 0.15) is 0 Å². The van der Waals surface area contributed by atoms with E-state index in [4.69, 9.17) is 5.73 Å². The zero-order valence-corrected chi connectivity index (χ0v) is 10.7. The zero-order chi connectivity index (χ0) is 12.5. The maximum Gasteiger partial charge on any atom is 0.0859 e. The van der Waals surface area contributed by atoms with Crippen molar-refractivity contribution in [2.24, 2.45) is 5.92 Å². The molecule has 2 aliphatic rings. The minimum atomic E-state index is 0.370. The molecular formula is C13H21N5. The average molecular weight is 247 g/mol. The van der Waals surface area contributed by atoms with Crippen molar-refractivity contribution in [3.05, 3.63) is 24.3 Å². The minimum absolute atomic E-state index is 0.370. The smallest absolute Gasteiger partial charge is 0.0859 e. The molecule has 0 bridgehead atoms. The number of benzene rings is 1. The van der Waals surface area contributed by atoms with Crippen LogP contribution in [0.2, 0.25) is 0 Å². The van der Waals surface area contributed by atoms with Crippen LogP contribution in [-0.2, 0) is 0 Å². The molecule has 1 aromatic carbocycles. The van der Waals surface area contributed by atoms with Crippen molar-refractivity contribution in [2.75, 3.05) is 30.9 Å². The number of nitrogen functional groups attached to an aromatic ring is 1. The predicted molar refractivity (Wildman–Crippen MR) is 74.1 cm³/mol. The fourth-order valence-electron chi connectivity index (χ4n) is 3.01. The third kappa shape index (κ3) is 2.05. The molecule has 2 fully saturated rings. The highest BCUT2D eigenvalue weighted by Crippen LogP contribution is 2.26. The Morgan fingerprint density at radius 2 is 1.94 bits per heavy atom. The van der Waals surface area contributed by atoms with E-state index in [1.165, 1.54) is 12.1 Å². The van der Waals surface area contributed by atoms with Crippen LogP contribution in [0, 0.1) is 5.92 Å². The topological polar surface area (TPSA) is 65.3 Å². The molecule has 98 valence electrons. The van der Waals surface area contributed by atoms with Gasteiger partial charge >= 0.3 is 0 Å². The fraction of sp³-hybridized carbons (Fsp3) is 0.538. The second-order valence-electron chi connectivity index (χ2n) is 5.12. The molecular weight excluding hydrogens is 226 g/mol. The molecule has 0 aliphatic carbocycles. The Bertz CT molecular complexity index is 404. The van der Waals surface area contributed by atoms with Gasteiger partial charge in [-0.2, -0.15) is 0 Å². The molecule has 1 aromatic rings. The van der Waals surface area contributed by atoms with E-state index in [2.05, 4.69) is 40.0 Å². The van der Waals surface area contributed by atoms with Crippen LogP contribution < -0.4 is 26.6 Å². The monoisotopic (exact) mass is 247 g/mol. The second kappa shape index (κ2) is 4.76. The third-order valence-electron chi connectivity index (χ3n) is 4.03. The van der Waals surface area contributed by atoms with E-state index in [9.17, 15) is 0 Å². The van der Waals surface area contributed by atoms with Crippen LogP contribution in [0.25, 0.3) is 0 Å². The first-order valence-electron chi connectivity index (χ1n) is 6.54. The summed E-state index contributed by atoms with van der Waals surface area (Å²) in [7, 11) is 2.14. The van der Waals surface area contributed by atoms with E-state index < -0.39 is 0 Å². The molecule has 0 radical (unpaired) electrons. The summed E-state index contributed by atoms with van der Waals surface area (Å²) in [5.41, 5.74) is 7.75. The SMILES string of the molecule is CN(c1ccc(N)cc1)C1NCNC2NCCC21. The van der Waals surface area contributed by atoms with Crippen LogP contribution in [-0.4, -0.2) is 32.6 Å². The number of anilines is 2. The van der Waals surface area contributed by atoms with Gasteiger partial charge in [-0.15, -0.1) is 0 Å². The second-order valence-corrected chi connectivity index (χ2v) is 5.12. The standard InChI is InChI=1S/C13H21N5/c1-18(10-4-2-9(14)3-5-10)13-11-6-7-15-12(11)16-8-17-13/h2-5,11-13,15-17H,6-8,14H2,1H3. The van der Waals surface area contributed by atoms with Crippen LogP contribution in [0.5, 0.6) is 0 Å². The molecule has 3 atom stereocenters. The highest BCUT2D eigenvalue weighted by atomic mass is 15.4. The van der Waals surface area contributed by atoms with Gasteiger partial charge in [-0.3, -0.25) is 10.6 Å². The van der Waals surface area contributed by atoms with Gasteiger partial charge in [0.25, 0.3) is 0 Å². The van der Waals surface area contributed by atoms with Crippen molar-refractivity contribution < 1.29 is 0 Å². The molecule has 3 unspecified atom stereocenters. The maximum atomic E-state index is 5.74. The third-order valence-corrected chi connectivity index (χ3v) is 4.03. The van der Waals surface area contributed by atoms with Crippen molar-refractivity contribution in [2.45, 2.75) is 18.8 Å². The number of nitrogens with two attached hydrogens (primary N) is 1. The van der Waals surface area contributed by atoms with E-state index in [1.54, 1.807) is 0 Å². The summed E-state index contributed by atoms with van der Waals surface area (Å²) < 4.78 is 0. The molecule has 2 aliphatic heterocycles. The summed E-state index contributed by atoms with van der Waals surface area (Å²) in [6, 6.07) is 8.07. The highest BCUT2D eigenvalue weighted by molar-refractivity contribution is 5.53. The van der Waals surface area contributed by atoms with E-state index in [0.717, 1.165) is 18.9 Å². The first-order valence-corrected chi connectivity index (χ1v) is 6.54. The lowest BCUT2D eigenvalue weighted by Crippen LogP contribution is -2.63. The molecule has 2 saturated heterocycles. The van der Waals surface area contributed by atoms with Crippen molar-refractivity contribution in [3.8, 4) is 0 Å². The molecule has 3 rings (SSSR count). The van der Waals surface area contributed by atoms with Crippen LogP contribution >= 0.6 is 0 Å². The van der Waals surface area contributed by atoms with Gasteiger partial charge in [0.15, 0.2) is 0 Å². The summed E-state index contributed by atoms with van der Waals surface area (Å²) in [5, 5.41) is 10.5. The number of nitrogens with one attached hydrogen (secondary N) is 3. The number of nitrogens with zero attached hydrogens (tertiary/aromatic N) is 1. The number of hydrogen-bond acceptors (Lipinski definition) is 5. The first kappa shape index (κ1) is 11.8. The lowest BCUT2D eigenvalue weighted by atomic mass is 9.99. The molecule has 0 aromatic heterocycles. The van der Waals surface area contributed by atoms with Crippen LogP contribution in [0.1, 0.15) is 6.42 Å². The van der Waals surface area contributed by atoms with E-state index in [0.29, 0.717) is 18.2 Å². The largest absolute Gasteiger partial charge is 0.399 e. The van der Waals surface area contributed by atoms with Gasteiger partial charge in [0.05, 0.1) is 12.3 Å². The normalized spacial score (nSPS) is 31.1. The molecule has 2 heterocycles. The van der Waals surface area contributed by atoms with Gasteiger partial charge in [-0.05, 0) is 37.2 Å². The molecule has 0 amide bonds. The van der Waals surface area contributed by atoms with Gasteiger partial charge in [-0.1, -0.05) is 0 Å². The van der Waals surface area contributed by atoms with E-state index in [-0.39, 0.29) is 0 Å². The van der Waals surface area contributed by atoms with Crippen LogP contribution in [0.4, 0.5) is 11.4 Å². The summed E-state index contributed by atoms with van der Waals surface area (Å²) >= 11 is 0. The number of fused-ring (bicyclic) bond motifs is 1. The molecule has 5 N–H and O–H groups in total. The molecule has 5 heteroatoms. The summed E-state index contributed by atoms with van der Waals surface area (Å²) in [5.74, 6) is 0.598. The molecule has 5 nitrogen and oxygen atoms in total. The Kier molecular flexibility index (Phi) is 3.11. The Morgan fingerprint density at radius 1 is 1.17 bits per heavy atom. The van der Waals surface area contributed by atoms with Crippen molar-refractivity contribution in [3.63, 3.8) is 0 Å².